The Bertz CT molecular complexity index is 168. The fraction of sp³-hybridized carbons (Fsp3) is 0.417. The average Bonchev–Trinajstić information content (AvgIpc) is 2.22. The smallest absolute Gasteiger partial charge is 0.563 e. The van der Waals surface area contributed by atoms with E-state index < -0.39 is 0 Å². The van der Waals surface area contributed by atoms with Crippen LogP contribution in [0.15, 0.2) is 30.3 Å². The number of aliphatic hydroxyl groups is 1. The summed E-state index contributed by atoms with van der Waals surface area (Å²) < 4.78 is 0. The molecule has 2 heteroatoms. The van der Waals surface area contributed by atoms with E-state index in [1.807, 2.05) is 30.3 Å². The largest absolute Gasteiger partial charge is 2.00 e. The zero-order valence-electron chi connectivity index (χ0n) is 8.17. The predicted molar refractivity (Wildman–Crippen MR) is 53.5 cm³/mol. The second kappa shape index (κ2) is 9.26. The summed E-state index contributed by atoms with van der Waals surface area (Å²) in [5, 5.41) is 8.83. The summed E-state index contributed by atoms with van der Waals surface area (Å²) in [5.41, 5.74) is 0. The van der Waals surface area contributed by atoms with Gasteiger partial charge in [0.15, 0.2) is 0 Å². The van der Waals surface area contributed by atoms with Gasteiger partial charge in [0, 0.05) is 0 Å². The van der Waals surface area contributed by atoms with E-state index in [0.717, 1.165) is 12.8 Å². The van der Waals surface area contributed by atoms with Crippen molar-refractivity contribution < 1.29 is 22.2 Å². The Morgan fingerprint density at radius 2 is 1.50 bits per heavy atom. The number of rotatable bonds is 0. The molecule has 1 nitrogen and oxygen atoms in total. The molecule has 0 aromatic heterocycles. The topological polar surface area (TPSA) is 20.2 Å². The first-order valence-electron chi connectivity index (χ1n) is 4.84. The van der Waals surface area contributed by atoms with Gasteiger partial charge in [-0.05, 0) is 0 Å². The van der Waals surface area contributed by atoms with Gasteiger partial charge >= 0.3 is 17.1 Å². The molecular weight excluding hydrogens is 224 g/mol. The zero-order valence-corrected chi connectivity index (χ0v) is 9.11. The predicted octanol–water partition coefficient (Wildman–Crippen LogP) is 3.34. The van der Waals surface area contributed by atoms with Crippen LogP contribution >= 0.6 is 0 Å². The van der Waals surface area contributed by atoms with Crippen LogP contribution in [0.25, 0.3) is 0 Å². The Morgan fingerprint density at radius 3 is 1.71 bits per heavy atom. The van der Waals surface area contributed by atoms with Gasteiger partial charge in [0.05, 0.1) is 0 Å². The summed E-state index contributed by atoms with van der Waals surface area (Å²) in [5.74, 6) is 0. The van der Waals surface area contributed by atoms with Gasteiger partial charge in [-0.15, -0.1) is 0 Å². The van der Waals surface area contributed by atoms with E-state index in [-0.39, 0.29) is 17.1 Å². The fourth-order valence-electron chi connectivity index (χ4n) is 1.30. The summed E-state index contributed by atoms with van der Waals surface area (Å²) >= 11 is 0. The maximum atomic E-state index is 8.83. The van der Waals surface area contributed by atoms with Gasteiger partial charge in [0.2, 0.25) is 0 Å². The molecule has 1 saturated carbocycles. The molecular formula is C12H16CuO. The summed E-state index contributed by atoms with van der Waals surface area (Å²) in [6.45, 7) is 0. The monoisotopic (exact) mass is 239 g/mol. The van der Waals surface area contributed by atoms with E-state index in [0.29, 0.717) is 6.10 Å². The third kappa shape index (κ3) is 7.14. The second-order valence-electron chi connectivity index (χ2n) is 3.20. The van der Waals surface area contributed by atoms with Crippen LogP contribution in [-0.4, -0.2) is 5.11 Å². The van der Waals surface area contributed by atoms with Gasteiger partial charge < -0.3 is 5.11 Å². The Hall–Kier alpha value is -0.301. The molecule has 0 atom stereocenters. The molecule has 0 heterocycles. The summed E-state index contributed by atoms with van der Waals surface area (Å²) in [6.07, 6.45) is 6.34. The third-order valence-electron chi connectivity index (χ3n) is 2.04. The Kier molecular flexibility index (Phi) is 9.06. The molecule has 1 radical (unpaired) electrons. The molecule has 1 fully saturated rings. The second-order valence-corrected chi connectivity index (χ2v) is 3.20. The summed E-state index contributed by atoms with van der Waals surface area (Å²) in [7, 11) is 0. The van der Waals surface area contributed by atoms with Crippen LogP contribution in [0.3, 0.4) is 0 Å². The summed E-state index contributed by atoms with van der Waals surface area (Å²) in [4.78, 5) is 0. The fourth-order valence-corrected chi connectivity index (χ4v) is 1.30. The molecule has 0 bridgehead atoms. The Morgan fingerprint density at radius 1 is 0.929 bits per heavy atom. The van der Waals surface area contributed by atoms with Crippen LogP contribution in [0.1, 0.15) is 32.1 Å². The molecule has 1 aromatic rings. The minimum atomic E-state index is 0. The van der Waals surface area contributed by atoms with Crippen LogP contribution in [0.5, 0.6) is 0 Å². The molecule has 81 valence electrons. The van der Waals surface area contributed by atoms with E-state index in [4.69, 9.17) is 5.11 Å². The standard InChI is InChI=1S/C6H11O.C6H5.Cu/c7-6-4-2-1-3-5-6;1-2-4-6-5-3-1;/h7H,1-5H2;1-5H;/q2*-1;+2. The van der Waals surface area contributed by atoms with Gasteiger partial charge in [-0.25, -0.2) is 6.10 Å². The minimum absolute atomic E-state index is 0. The van der Waals surface area contributed by atoms with Crippen molar-refractivity contribution >= 4 is 0 Å². The van der Waals surface area contributed by atoms with Crippen molar-refractivity contribution in [2.45, 2.75) is 32.1 Å². The Labute approximate surface area is 97.0 Å². The Balaban J connectivity index is 0.000000227. The van der Waals surface area contributed by atoms with Crippen LogP contribution in [0.2, 0.25) is 0 Å². The van der Waals surface area contributed by atoms with Crippen molar-refractivity contribution in [3.05, 3.63) is 42.5 Å². The first-order chi connectivity index (χ1) is 6.39. The van der Waals surface area contributed by atoms with E-state index in [1.54, 1.807) is 0 Å². The number of hydrogen-bond acceptors (Lipinski definition) is 1. The molecule has 1 aliphatic carbocycles. The maximum absolute atomic E-state index is 8.83. The normalized spacial score (nSPS) is 16.1. The number of aliphatic hydroxyl groups excluding tert-OH is 1. The zero-order chi connectivity index (χ0) is 9.36. The van der Waals surface area contributed by atoms with Crippen LogP contribution in [0.4, 0.5) is 0 Å². The van der Waals surface area contributed by atoms with E-state index in [9.17, 15) is 0 Å². The van der Waals surface area contributed by atoms with Gasteiger partial charge in [-0.1, -0.05) is 19.3 Å². The first kappa shape index (κ1) is 13.7. The van der Waals surface area contributed by atoms with E-state index in [1.165, 1.54) is 19.3 Å². The van der Waals surface area contributed by atoms with Crippen molar-refractivity contribution in [1.82, 2.24) is 0 Å². The molecule has 0 saturated heterocycles. The molecule has 14 heavy (non-hydrogen) atoms. The van der Waals surface area contributed by atoms with Crippen LogP contribution in [-0.2, 0) is 17.1 Å². The van der Waals surface area contributed by atoms with E-state index >= 15 is 0 Å². The van der Waals surface area contributed by atoms with Crippen molar-refractivity contribution in [1.29, 1.82) is 0 Å². The molecule has 0 amide bonds. The average molecular weight is 240 g/mol. The SMILES string of the molecule is O[C-]1CCCCC1.[Cu+2].[c-]1ccccc1. The quantitative estimate of drug-likeness (QED) is 0.544. The van der Waals surface area contributed by atoms with Crippen molar-refractivity contribution in [3.63, 3.8) is 0 Å². The molecule has 0 unspecified atom stereocenters. The third-order valence-corrected chi connectivity index (χ3v) is 2.04. The van der Waals surface area contributed by atoms with Crippen molar-refractivity contribution in [3.8, 4) is 0 Å². The molecule has 0 aliphatic heterocycles. The van der Waals surface area contributed by atoms with E-state index in [2.05, 4.69) is 6.07 Å². The first-order valence-corrected chi connectivity index (χ1v) is 4.84. The minimum Gasteiger partial charge on any atom is -0.563 e. The van der Waals surface area contributed by atoms with Crippen LogP contribution in [0, 0.1) is 12.2 Å². The number of benzene rings is 1. The molecule has 1 aliphatic rings. The van der Waals surface area contributed by atoms with Gasteiger partial charge in [-0.2, -0.15) is 49.2 Å². The van der Waals surface area contributed by atoms with Gasteiger partial charge in [-0.3, -0.25) is 0 Å². The number of hydrogen-bond donors (Lipinski definition) is 1. The summed E-state index contributed by atoms with van der Waals surface area (Å²) in [6, 6.07) is 12.5. The molecule has 2 rings (SSSR count). The van der Waals surface area contributed by atoms with Gasteiger partial charge in [0.25, 0.3) is 0 Å². The van der Waals surface area contributed by atoms with Crippen LogP contribution < -0.4 is 0 Å². The molecule has 1 aromatic carbocycles. The van der Waals surface area contributed by atoms with Gasteiger partial charge in [0.1, 0.15) is 0 Å². The molecule has 1 N–H and O–H groups in total. The van der Waals surface area contributed by atoms with Crippen molar-refractivity contribution in [2.24, 2.45) is 0 Å². The maximum Gasteiger partial charge on any atom is 2.00 e. The molecule has 0 spiro atoms. The van der Waals surface area contributed by atoms with Crippen molar-refractivity contribution in [2.75, 3.05) is 0 Å².